The number of hydrogen-bond acceptors (Lipinski definition) is 6. The number of ketones is 1. The van der Waals surface area contributed by atoms with Crippen LogP contribution in [-0.2, 0) is 14.3 Å². The number of hydrogen-bond donors (Lipinski definition) is 3. The number of aliphatic hydroxyl groups is 3. The minimum absolute atomic E-state index is 0.0441. The summed E-state index contributed by atoms with van der Waals surface area (Å²) in [4.78, 5) is 25.7. The number of rotatable bonds is 2. The summed E-state index contributed by atoms with van der Waals surface area (Å²) in [5.41, 5.74) is -2.34. The number of aliphatic hydroxyl groups excluding tert-OH is 1. The SMILES string of the molecule is CC1CC(C(C)(O)C2CCC3(O)C4CC=C5CC(O)CC(=O)C5(C)C4CCC23C)OC(=O)C1C. The van der Waals surface area contributed by atoms with Gasteiger partial charge in [-0.05, 0) is 82.5 Å². The second kappa shape index (κ2) is 7.63. The van der Waals surface area contributed by atoms with Crippen LogP contribution < -0.4 is 0 Å². The van der Waals surface area contributed by atoms with E-state index in [9.17, 15) is 24.9 Å². The van der Waals surface area contributed by atoms with E-state index in [1.807, 2.05) is 20.8 Å². The lowest BCUT2D eigenvalue weighted by molar-refractivity contribution is -0.223. The molecule has 0 amide bonds. The molecule has 1 aliphatic heterocycles. The van der Waals surface area contributed by atoms with Crippen molar-refractivity contribution in [3.05, 3.63) is 11.6 Å². The number of ether oxygens (including phenoxy) is 1. The first-order chi connectivity index (χ1) is 15.8. The van der Waals surface area contributed by atoms with Crippen molar-refractivity contribution < 1.29 is 29.6 Å². The summed E-state index contributed by atoms with van der Waals surface area (Å²) in [6.45, 7) is 9.86. The smallest absolute Gasteiger partial charge is 0.309 e. The molecule has 3 N–H and O–H groups in total. The number of cyclic esters (lactones) is 1. The van der Waals surface area contributed by atoms with Gasteiger partial charge in [-0.15, -0.1) is 0 Å². The van der Waals surface area contributed by atoms with Gasteiger partial charge in [-0.1, -0.05) is 32.4 Å². The summed E-state index contributed by atoms with van der Waals surface area (Å²) >= 11 is 0. The van der Waals surface area contributed by atoms with Gasteiger partial charge in [0.25, 0.3) is 0 Å². The topological polar surface area (TPSA) is 104 Å². The number of fused-ring (bicyclic) bond motifs is 5. The first kappa shape index (κ1) is 24.5. The fourth-order valence-corrected chi connectivity index (χ4v) is 9.05. The number of carbonyl (C=O) groups is 2. The Hall–Kier alpha value is -1.24. The average molecular weight is 475 g/mol. The molecule has 0 spiro atoms. The largest absolute Gasteiger partial charge is 0.459 e. The van der Waals surface area contributed by atoms with Gasteiger partial charge in [0.15, 0.2) is 0 Å². The van der Waals surface area contributed by atoms with Crippen molar-refractivity contribution in [2.45, 2.75) is 109 Å². The second-order valence-electron chi connectivity index (χ2n) is 13.0. The fourth-order valence-electron chi connectivity index (χ4n) is 9.05. The van der Waals surface area contributed by atoms with E-state index >= 15 is 0 Å². The van der Waals surface area contributed by atoms with Crippen LogP contribution in [0.3, 0.4) is 0 Å². The van der Waals surface area contributed by atoms with Crippen LogP contribution in [0.15, 0.2) is 11.6 Å². The molecule has 1 heterocycles. The summed E-state index contributed by atoms with van der Waals surface area (Å²) in [6.07, 6.45) is 5.76. The van der Waals surface area contributed by atoms with Crippen molar-refractivity contribution >= 4 is 11.8 Å². The molecule has 34 heavy (non-hydrogen) atoms. The van der Waals surface area contributed by atoms with Gasteiger partial charge in [-0.2, -0.15) is 0 Å². The lowest BCUT2D eigenvalue weighted by Gasteiger charge is -2.61. The molecule has 4 fully saturated rings. The lowest BCUT2D eigenvalue weighted by atomic mass is 9.44. The van der Waals surface area contributed by atoms with Crippen LogP contribution in [-0.4, -0.2) is 50.5 Å². The highest BCUT2D eigenvalue weighted by Crippen LogP contribution is 2.69. The van der Waals surface area contributed by atoms with Gasteiger partial charge in [0.05, 0.1) is 23.0 Å². The maximum atomic E-state index is 13.2. The molecule has 0 aromatic heterocycles. The highest BCUT2D eigenvalue weighted by atomic mass is 16.6. The van der Waals surface area contributed by atoms with Crippen molar-refractivity contribution in [2.75, 3.05) is 0 Å². The molecule has 0 radical (unpaired) electrons. The van der Waals surface area contributed by atoms with Crippen LogP contribution in [0.1, 0.15) is 86.0 Å². The third-order valence-electron chi connectivity index (χ3n) is 11.6. The molecule has 1 saturated heterocycles. The minimum atomic E-state index is -1.24. The fraction of sp³-hybridized carbons (Fsp3) is 0.857. The monoisotopic (exact) mass is 474 g/mol. The highest BCUT2D eigenvalue weighted by Gasteiger charge is 2.70. The molecule has 6 nitrogen and oxygen atoms in total. The lowest BCUT2D eigenvalue weighted by Crippen LogP contribution is -2.65. The molecule has 4 aliphatic carbocycles. The molecule has 190 valence electrons. The Morgan fingerprint density at radius 3 is 2.47 bits per heavy atom. The third-order valence-corrected chi connectivity index (χ3v) is 11.6. The maximum Gasteiger partial charge on any atom is 0.309 e. The molecule has 0 aromatic carbocycles. The van der Waals surface area contributed by atoms with E-state index in [1.165, 1.54) is 0 Å². The summed E-state index contributed by atoms with van der Waals surface area (Å²) in [7, 11) is 0. The Morgan fingerprint density at radius 2 is 1.79 bits per heavy atom. The third kappa shape index (κ3) is 3.03. The van der Waals surface area contributed by atoms with Gasteiger partial charge in [0, 0.05) is 11.8 Å². The molecular formula is C28H42O6. The van der Waals surface area contributed by atoms with E-state index in [1.54, 1.807) is 6.92 Å². The van der Waals surface area contributed by atoms with Gasteiger partial charge in [-0.3, -0.25) is 9.59 Å². The maximum absolute atomic E-state index is 13.2. The highest BCUT2D eigenvalue weighted by molar-refractivity contribution is 5.90. The van der Waals surface area contributed by atoms with E-state index in [0.717, 1.165) is 18.4 Å². The predicted molar refractivity (Wildman–Crippen MR) is 126 cm³/mol. The molecule has 5 rings (SSSR count). The zero-order chi connectivity index (χ0) is 24.8. The van der Waals surface area contributed by atoms with E-state index in [0.29, 0.717) is 32.1 Å². The number of esters is 1. The summed E-state index contributed by atoms with van der Waals surface area (Å²) in [6, 6.07) is 0. The van der Waals surface area contributed by atoms with Crippen LogP contribution in [0, 0.1) is 40.4 Å². The van der Waals surface area contributed by atoms with Gasteiger partial charge < -0.3 is 20.1 Å². The Bertz CT molecular complexity index is 924. The molecule has 11 unspecified atom stereocenters. The molecule has 11 atom stereocenters. The summed E-state index contributed by atoms with van der Waals surface area (Å²) < 4.78 is 5.77. The van der Waals surface area contributed by atoms with Gasteiger partial charge in [-0.25, -0.2) is 0 Å². The van der Waals surface area contributed by atoms with Crippen molar-refractivity contribution in [2.24, 2.45) is 40.4 Å². The van der Waals surface area contributed by atoms with E-state index in [-0.39, 0.29) is 47.8 Å². The van der Waals surface area contributed by atoms with Crippen molar-refractivity contribution in [3.63, 3.8) is 0 Å². The number of carbonyl (C=O) groups excluding carboxylic acids is 2. The quantitative estimate of drug-likeness (QED) is 0.418. The van der Waals surface area contributed by atoms with E-state index in [4.69, 9.17) is 4.74 Å². The van der Waals surface area contributed by atoms with Crippen LogP contribution in [0.2, 0.25) is 0 Å². The molecule has 3 saturated carbocycles. The Labute approximate surface area is 203 Å². The zero-order valence-electron chi connectivity index (χ0n) is 21.3. The van der Waals surface area contributed by atoms with Gasteiger partial charge in [0.2, 0.25) is 0 Å². The molecule has 5 aliphatic rings. The van der Waals surface area contributed by atoms with Gasteiger partial charge in [0.1, 0.15) is 17.5 Å². The van der Waals surface area contributed by atoms with Crippen LogP contribution in [0.25, 0.3) is 0 Å². The predicted octanol–water partition coefficient (Wildman–Crippen LogP) is 3.56. The summed E-state index contributed by atoms with van der Waals surface area (Å²) in [5, 5.41) is 34.5. The number of Topliss-reactive ketones (excluding diaryl/α,β-unsaturated/α-hetero) is 1. The first-order valence-corrected chi connectivity index (χ1v) is 13.3. The van der Waals surface area contributed by atoms with Crippen molar-refractivity contribution in [1.29, 1.82) is 0 Å². The number of allylic oxidation sites excluding steroid dienone is 1. The minimum Gasteiger partial charge on any atom is -0.459 e. The van der Waals surface area contributed by atoms with Crippen molar-refractivity contribution in [3.8, 4) is 0 Å². The first-order valence-electron chi connectivity index (χ1n) is 13.3. The standard InChI is InChI=1S/C28H42O6/c1-15-12-23(34-24(31)16(15)2)27(5,32)21-9-11-28(33)20-7-6-17-13-18(29)14-22(30)26(17,4)19(20)8-10-25(21,28)3/h6,15-16,18-21,23,29,32-33H,7-14H2,1-5H3. The van der Waals surface area contributed by atoms with E-state index < -0.39 is 34.2 Å². The van der Waals surface area contributed by atoms with Crippen LogP contribution in [0.4, 0.5) is 0 Å². The normalized spacial score (nSPS) is 52.6. The average Bonchev–Trinajstić information content (AvgIpc) is 3.04. The molecule has 0 bridgehead atoms. The van der Waals surface area contributed by atoms with Crippen LogP contribution in [0.5, 0.6) is 0 Å². The Morgan fingerprint density at radius 1 is 1.09 bits per heavy atom. The second-order valence-corrected chi connectivity index (χ2v) is 13.0. The molecular weight excluding hydrogens is 432 g/mol. The van der Waals surface area contributed by atoms with E-state index in [2.05, 4.69) is 13.0 Å². The molecule has 6 heteroatoms. The Kier molecular flexibility index (Phi) is 5.49. The molecule has 0 aromatic rings. The van der Waals surface area contributed by atoms with Crippen molar-refractivity contribution in [1.82, 2.24) is 0 Å². The zero-order valence-corrected chi connectivity index (χ0v) is 21.3. The Balaban J connectivity index is 1.47. The van der Waals surface area contributed by atoms with Gasteiger partial charge >= 0.3 is 5.97 Å². The van der Waals surface area contributed by atoms with Crippen LogP contribution >= 0.6 is 0 Å². The summed E-state index contributed by atoms with van der Waals surface area (Å²) in [5.74, 6) is -0.410.